The van der Waals surface area contributed by atoms with Crippen molar-refractivity contribution in [3.8, 4) is 5.75 Å². The van der Waals surface area contributed by atoms with Crippen LogP contribution in [0, 0.1) is 0 Å². The van der Waals surface area contributed by atoms with Crippen molar-refractivity contribution < 1.29 is 22.7 Å². The third-order valence-corrected chi connectivity index (χ3v) is 9.52. The van der Waals surface area contributed by atoms with E-state index in [9.17, 15) is 18.0 Å². The number of nitrogens with zero attached hydrogens (tertiary/aromatic N) is 2. The fraction of sp³-hybridized carbons (Fsp3) is 0.257. The number of anilines is 1. The van der Waals surface area contributed by atoms with E-state index in [1.807, 2.05) is 56.3 Å². The van der Waals surface area contributed by atoms with Gasteiger partial charge in [0.05, 0.1) is 17.7 Å². The maximum atomic E-state index is 14.5. The Morgan fingerprint density at radius 3 is 2.11 bits per heavy atom. The fourth-order valence-electron chi connectivity index (χ4n) is 4.82. The van der Waals surface area contributed by atoms with Crippen molar-refractivity contribution in [3.05, 3.63) is 125 Å². The van der Waals surface area contributed by atoms with Crippen LogP contribution in [0.25, 0.3) is 0 Å². The number of halogens is 1. The second-order valence-electron chi connectivity index (χ2n) is 10.7. The molecule has 8 nitrogen and oxygen atoms in total. The molecular formula is C35H38ClN3O5S. The van der Waals surface area contributed by atoms with Gasteiger partial charge < -0.3 is 15.0 Å². The minimum absolute atomic E-state index is 0.0300. The normalized spacial score (nSPS) is 12.5. The van der Waals surface area contributed by atoms with Gasteiger partial charge in [0, 0.05) is 24.0 Å². The Morgan fingerprint density at radius 2 is 1.49 bits per heavy atom. The summed E-state index contributed by atoms with van der Waals surface area (Å²) in [7, 11) is -2.63. The highest BCUT2D eigenvalue weighted by Crippen LogP contribution is 2.26. The van der Waals surface area contributed by atoms with Crippen LogP contribution >= 0.6 is 11.6 Å². The van der Waals surface area contributed by atoms with Crippen LogP contribution in [-0.4, -0.2) is 50.9 Å². The van der Waals surface area contributed by atoms with Gasteiger partial charge in [0.2, 0.25) is 11.8 Å². The predicted octanol–water partition coefficient (Wildman–Crippen LogP) is 6.10. The van der Waals surface area contributed by atoms with Gasteiger partial charge in [-0.1, -0.05) is 79.2 Å². The lowest BCUT2D eigenvalue weighted by molar-refractivity contribution is -0.140. The summed E-state index contributed by atoms with van der Waals surface area (Å²) in [6.07, 6.45) is 0.929. The van der Waals surface area contributed by atoms with E-state index < -0.39 is 28.5 Å². The summed E-state index contributed by atoms with van der Waals surface area (Å²) < 4.78 is 34.5. The summed E-state index contributed by atoms with van der Waals surface area (Å²) in [6, 6.07) is 29.8. The molecule has 0 spiro atoms. The zero-order valence-corrected chi connectivity index (χ0v) is 27.2. The summed E-state index contributed by atoms with van der Waals surface area (Å²) in [5, 5.41) is 3.46. The summed E-state index contributed by atoms with van der Waals surface area (Å²) in [4.78, 5) is 29.9. The first-order valence-corrected chi connectivity index (χ1v) is 16.5. The highest BCUT2D eigenvalue weighted by Gasteiger charge is 2.35. The molecule has 2 amide bonds. The maximum Gasteiger partial charge on any atom is 0.264 e. The quantitative estimate of drug-likeness (QED) is 0.179. The van der Waals surface area contributed by atoms with Crippen LogP contribution in [0.1, 0.15) is 31.4 Å². The van der Waals surface area contributed by atoms with Crippen LogP contribution < -0.4 is 14.4 Å². The third kappa shape index (κ3) is 8.86. The van der Waals surface area contributed by atoms with E-state index in [2.05, 4.69) is 5.32 Å². The Labute approximate surface area is 270 Å². The smallest absolute Gasteiger partial charge is 0.264 e. The molecule has 45 heavy (non-hydrogen) atoms. The van der Waals surface area contributed by atoms with Gasteiger partial charge >= 0.3 is 0 Å². The first kappa shape index (κ1) is 33.6. The second-order valence-corrected chi connectivity index (χ2v) is 13.0. The Kier molecular flexibility index (Phi) is 11.6. The molecule has 0 heterocycles. The Hall–Kier alpha value is -4.34. The lowest BCUT2D eigenvalue weighted by atomic mass is 10.0. The number of amides is 2. The van der Waals surface area contributed by atoms with Crippen LogP contribution in [0.2, 0.25) is 5.02 Å². The van der Waals surface area contributed by atoms with Gasteiger partial charge in [-0.15, -0.1) is 0 Å². The van der Waals surface area contributed by atoms with Gasteiger partial charge in [-0.25, -0.2) is 8.42 Å². The van der Waals surface area contributed by atoms with Crippen LogP contribution in [0.4, 0.5) is 5.69 Å². The number of hydrogen-bond acceptors (Lipinski definition) is 5. The molecule has 0 aliphatic heterocycles. The number of hydrogen-bond donors (Lipinski definition) is 1. The third-order valence-electron chi connectivity index (χ3n) is 7.48. The average molecular weight is 648 g/mol. The molecule has 0 unspecified atom stereocenters. The molecule has 10 heteroatoms. The van der Waals surface area contributed by atoms with Crippen molar-refractivity contribution in [2.45, 2.75) is 50.2 Å². The molecular weight excluding hydrogens is 610 g/mol. The second kappa shape index (κ2) is 15.6. The Morgan fingerprint density at radius 1 is 0.867 bits per heavy atom. The molecule has 2 atom stereocenters. The molecule has 4 aromatic rings. The zero-order chi connectivity index (χ0) is 32.4. The molecule has 0 radical (unpaired) electrons. The number of nitrogens with one attached hydrogen (secondary N) is 1. The van der Waals surface area contributed by atoms with E-state index in [0.29, 0.717) is 17.2 Å². The summed E-state index contributed by atoms with van der Waals surface area (Å²) >= 11 is 6.13. The van der Waals surface area contributed by atoms with Crippen molar-refractivity contribution in [3.63, 3.8) is 0 Å². The number of methoxy groups -OCH3 is 1. The first-order chi connectivity index (χ1) is 21.6. The summed E-state index contributed by atoms with van der Waals surface area (Å²) in [6.45, 7) is 3.36. The summed E-state index contributed by atoms with van der Waals surface area (Å²) in [5.74, 6) is -0.279. The van der Waals surface area contributed by atoms with Gasteiger partial charge in [-0.05, 0) is 73.0 Å². The lowest BCUT2D eigenvalue weighted by Gasteiger charge is -2.34. The van der Waals surface area contributed by atoms with Crippen LogP contribution in [0.15, 0.2) is 114 Å². The number of carbonyl (C=O) groups is 2. The molecule has 0 fully saturated rings. The van der Waals surface area contributed by atoms with Crippen molar-refractivity contribution in [2.24, 2.45) is 0 Å². The standard InChI is InChI=1S/C35H38ClN3O5S/c1-4-26(2)37-35(41)33(23-27-12-7-5-8-13-27)38(24-28-14-11-15-31(22-28)44-3)34(40)25-39(30-20-18-29(36)19-21-30)45(42,43)32-16-9-6-10-17-32/h5-22,26,33H,4,23-25H2,1-3H3,(H,37,41)/t26-,33-/m1/s1. The molecule has 0 bridgehead atoms. The van der Waals surface area contributed by atoms with E-state index in [-0.39, 0.29) is 35.5 Å². The monoisotopic (exact) mass is 647 g/mol. The number of benzene rings is 4. The van der Waals surface area contributed by atoms with E-state index in [1.165, 1.54) is 17.0 Å². The molecule has 4 aromatic carbocycles. The molecule has 0 saturated heterocycles. The van der Waals surface area contributed by atoms with Gasteiger partial charge in [-0.2, -0.15) is 0 Å². The van der Waals surface area contributed by atoms with E-state index in [0.717, 1.165) is 15.4 Å². The first-order valence-electron chi connectivity index (χ1n) is 14.7. The highest BCUT2D eigenvalue weighted by molar-refractivity contribution is 7.92. The minimum Gasteiger partial charge on any atom is -0.497 e. The zero-order valence-electron chi connectivity index (χ0n) is 25.6. The SMILES string of the molecule is CC[C@@H](C)NC(=O)[C@@H](Cc1ccccc1)N(Cc1cccc(OC)c1)C(=O)CN(c1ccc(Cl)cc1)S(=O)(=O)c1ccccc1. The van der Waals surface area contributed by atoms with E-state index >= 15 is 0 Å². The molecule has 0 aliphatic carbocycles. The molecule has 0 aliphatic rings. The van der Waals surface area contributed by atoms with E-state index in [4.69, 9.17) is 16.3 Å². The topological polar surface area (TPSA) is 96.0 Å². The fourth-order valence-corrected chi connectivity index (χ4v) is 6.38. The summed E-state index contributed by atoms with van der Waals surface area (Å²) in [5.41, 5.74) is 1.85. The maximum absolute atomic E-state index is 14.5. The van der Waals surface area contributed by atoms with Gasteiger partial charge in [0.25, 0.3) is 10.0 Å². The number of sulfonamides is 1. The van der Waals surface area contributed by atoms with Crippen LogP contribution in [0.5, 0.6) is 5.75 Å². The van der Waals surface area contributed by atoms with E-state index in [1.54, 1.807) is 61.7 Å². The number of ether oxygens (including phenoxy) is 1. The highest BCUT2D eigenvalue weighted by atomic mass is 35.5. The number of carbonyl (C=O) groups excluding carboxylic acids is 2. The minimum atomic E-state index is -4.18. The Bertz CT molecular complexity index is 1670. The van der Waals surface area contributed by atoms with Crippen molar-refractivity contribution in [2.75, 3.05) is 18.0 Å². The van der Waals surface area contributed by atoms with Crippen molar-refractivity contribution in [1.82, 2.24) is 10.2 Å². The molecule has 4 rings (SSSR count). The lowest BCUT2D eigenvalue weighted by Crippen LogP contribution is -2.54. The van der Waals surface area contributed by atoms with Gasteiger partial charge in [0.1, 0.15) is 18.3 Å². The molecule has 0 aromatic heterocycles. The molecule has 236 valence electrons. The largest absolute Gasteiger partial charge is 0.497 e. The Balaban J connectivity index is 1.81. The average Bonchev–Trinajstić information content (AvgIpc) is 3.06. The van der Waals surface area contributed by atoms with Crippen molar-refractivity contribution in [1.29, 1.82) is 0 Å². The van der Waals surface area contributed by atoms with Crippen molar-refractivity contribution >= 4 is 39.1 Å². The van der Waals surface area contributed by atoms with Crippen LogP contribution in [0.3, 0.4) is 0 Å². The predicted molar refractivity (Wildman–Crippen MR) is 178 cm³/mol. The van der Waals surface area contributed by atoms with Gasteiger partial charge in [0.15, 0.2) is 0 Å². The van der Waals surface area contributed by atoms with Gasteiger partial charge in [-0.3, -0.25) is 13.9 Å². The van der Waals surface area contributed by atoms with Crippen LogP contribution in [-0.2, 0) is 32.6 Å². The molecule has 1 N–H and O–H groups in total. The number of rotatable bonds is 14. The molecule has 0 saturated carbocycles.